The third kappa shape index (κ3) is 9.08. The van der Waals surface area contributed by atoms with Gasteiger partial charge in [0.1, 0.15) is 0 Å². The Labute approximate surface area is 62.2 Å². The van der Waals surface area contributed by atoms with Crippen LogP contribution in [0, 0.1) is 0 Å². The van der Waals surface area contributed by atoms with Crippen LogP contribution in [0.5, 0.6) is 0 Å². The van der Waals surface area contributed by atoms with E-state index in [1.807, 2.05) is 0 Å². The number of hydrogen-bond donors (Lipinski definition) is 0. The van der Waals surface area contributed by atoms with Gasteiger partial charge in [0.05, 0.1) is 0 Å². The van der Waals surface area contributed by atoms with Crippen molar-refractivity contribution in [3.8, 4) is 0 Å². The summed E-state index contributed by atoms with van der Waals surface area (Å²) in [5, 5.41) is 0. The van der Waals surface area contributed by atoms with E-state index in [4.69, 9.17) is 0 Å². The quantitative estimate of drug-likeness (QED) is 0.432. The van der Waals surface area contributed by atoms with Gasteiger partial charge in [-0.25, -0.2) is 0 Å². The fraction of sp³-hybridized carbons (Fsp3) is 0. The zero-order chi connectivity index (χ0) is 2.00. The van der Waals surface area contributed by atoms with E-state index in [0.29, 0.717) is 0 Å². The molecule has 0 heterocycles. The molecule has 0 aliphatic rings. The van der Waals surface area contributed by atoms with Gasteiger partial charge in [-0.05, 0) is 8.02 Å². The molecule has 0 nitrogen and oxygen atoms in total. The molecule has 4 heavy (non-hydrogen) atoms. The fourth-order valence-corrected chi connectivity index (χ4v) is 0. The van der Waals surface area contributed by atoms with Crippen LogP contribution in [0.25, 0.3) is 0 Å². The van der Waals surface area contributed by atoms with Crippen LogP contribution in [0.3, 0.4) is 0 Å². The summed E-state index contributed by atoms with van der Waals surface area (Å²) in [4.78, 5) is 0. The molecule has 26 valence electrons. The molecular formula is HCuInPS. The Morgan fingerprint density at radius 3 is 1.25 bits per heavy atom. The summed E-state index contributed by atoms with van der Waals surface area (Å²) < 4.78 is 0. The molecule has 0 N–H and O–H groups in total. The van der Waals surface area contributed by atoms with Crippen molar-refractivity contribution in [1.29, 1.82) is 0 Å². The van der Waals surface area contributed by atoms with Crippen LogP contribution in [0.1, 0.15) is 0 Å². The molecule has 0 aliphatic carbocycles. The molecule has 4 radical (unpaired) electrons. The monoisotopic (exact) mass is 242 g/mol. The molecule has 0 bridgehead atoms. The number of hydrogen-bond acceptors (Lipinski definition) is 1. The zero-order valence-electron chi connectivity index (χ0n) is 1.79. The van der Waals surface area contributed by atoms with E-state index in [0.717, 1.165) is 0 Å². The Morgan fingerprint density at radius 1 is 1.25 bits per heavy atom. The van der Waals surface area contributed by atoms with Gasteiger partial charge in [-0.1, -0.05) is 11.8 Å². The third-order valence-electron chi connectivity index (χ3n) is 0. The first-order valence-electron chi connectivity index (χ1n) is 0.204. The summed E-state index contributed by atoms with van der Waals surface area (Å²) in [6, 6.07) is 0. The van der Waals surface area contributed by atoms with E-state index in [1.165, 1.54) is 0 Å². The first-order chi connectivity index (χ1) is 1.00. The summed E-state index contributed by atoms with van der Waals surface area (Å²) in [6.07, 6.45) is 0. The van der Waals surface area contributed by atoms with Crippen LogP contribution in [0.4, 0.5) is 0 Å². The summed E-state index contributed by atoms with van der Waals surface area (Å²) in [5.74, 6) is 0. The maximum atomic E-state index is 3.89. The molecule has 0 rings (SSSR count). The average molecular weight is 242 g/mol. The van der Waals surface area contributed by atoms with Gasteiger partial charge in [0.25, 0.3) is 0 Å². The Balaban J connectivity index is -0.00000000500. The van der Waals surface area contributed by atoms with Crippen LogP contribution in [0.2, 0.25) is 0 Å². The predicted octanol–water partition coefficient (Wildman–Crippen LogP) is 0.208. The normalized spacial score (nSPS) is 1.00. The zero-order valence-corrected chi connectivity index (χ0v) is 7.84. The molecule has 0 spiro atoms. The largest absolute Gasteiger partial charge is 0.0615 e. The minimum absolute atomic E-state index is 0. The van der Waals surface area contributed by atoms with Crippen molar-refractivity contribution < 1.29 is 17.1 Å². The standard InChI is InChI=1S/Cu.In.HPS/c;;1-2/h;;1H. The van der Waals surface area contributed by atoms with Gasteiger partial charge in [-0.15, -0.1) is 0 Å². The Morgan fingerprint density at radius 2 is 1.25 bits per heavy atom. The second-order valence-corrected chi connectivity index (χ2v) is 0. The van der Waals surface area contributed by atoms with Gasteiger partial charge < -0.3 is 0 Å². The van der Waals surface area contributed by atoms with Crippen molar-refractivity contribution in [1.82, 2.24) is 0 Å². The molecule has 0 saturated carbocycles. The molecular weight excluding hydrogens is 241 g/mol. The van der Waals surface area contributed by atoms with E-state index in [-0.39, 0.29) is 42.9 Å². The molecule has 0 aromatic carbocycles. The summed E-state index contributed by atoms with van der Waals surface area (Å²) in [7, 11) is 2.56. The maximum Gasteiger partial charge on any atom is 0 e. The molecule has 0 atom stereocenters. The van der Waals surface area contributed by atoms with Gasteiger partial charge >= 0.3 is 0 Å². The van der Waals surface area contributed by atoms with E-state index in [9.17, 15) is 0 Å². The van der Waals surface area contributed by atoms with Gasteiger partial charge in [-0.2, -0.15) is 0 Å². The molecule has 0 aromatic heterocycles. The molecule has 0 unspecified atom stereocenters. The van der Waals surface area contributed by atoms with Crippen LogP contribution in [-0.2, 0) is 28.9 Å². The van der Waals surface area contributed by atoms with Crippen molar-refractivity contribution in [3.63, 3.8) is 0 Å². The van der Waals surface area contributed by atoms with Crippen LogP contribution in [-0.4, -0.2) is 25.8 Å². The fourth-order valence-electron chi connectivity index (χ4n) is 0. The molecule has 0 amide bonds. The van der Waals surface area contributed by atoms with E-state index >= 15 is 0 Å². The maximum absolute atomic E-state index is 3.89. The minimum Gasteiger partial charge on any atom is -0.0615 e. The summed E-state index contributed by atoms with van der Waals surface area (Å²) in [5.41, 5.74) is 0. The van der Waals surface area contributed by atoms with E-state index in [1.54, 1.807) is 0 Å². The van der Waals surface area contributed by atoms with Gasteiger partial charge in [0.15, 0.2) is 0 Å². The van der Waals surface area contributed by atoms with Crippen molar-refractivity contribution in [3.05, 3.63) is 0 Å². The Bertz CT molecular complexity index is 8.00. The average Bonchev–Trinajstić information content (AvgIpc) is 1.00. The second kappa shape index (κ2) is 20.6. The Hall–Kier alpha value is 1.91. The molecule has 0 aliphatic heterocycles. The van der Waals surface area contributed by atoms with Crippen molar-refractivity contribution in [2.24, 2.45) is 0 Å². The molecule has 0 saturated heterocycles. The predicted molar refractivity (Wildman–Crippen MR) is 21.4 cm³/mol. The SMILES string of the molecule is P=S.[Cu].[In]. The summed E-state index contributed by atoms with van der Waals surface area (Å²) >= 11 is 3.89. The topological polar surface area (TPSA) is 0 Å². The van der Waals surface area contributed by atoms with Gasteiger partial charge in [0, 0.05) is 42.9 Å². The van der Waals surface area contributed by atoms with Gasteiger partial charge in [-0.3, -0.25) is 0 Å². The van der Waals surface area contributed by atoms with Crippen molar-refractivity contribution in [2.45, 2.75) is 0 Å². The third-order valence-corrected chi connectivity index (χ3v) is 0. The van der Waals surface area contributed by atoms with Gasteiger partial charge in [0.2, 0.25) is 0 Å². The molecule has 0 aromatic rings. The minimum atomic E-state index is 0. The Kier molecular flexibility index (Phi) is 86.6. The first-order valence-corrected chi connectivity index (χ1v) is 1.84. The van der Waals surface area contributed by atoms with Crippen molar-refractivity contribution in [2.75, 3.05) is 0 Å². The smallest absolute Gasteiger partial charge is 0 e. The summed E-state index contributed by atoms with van der Waals surface area (Å²) in [6.45, 7) is 0. The number of rotatable bonds is 0. The van der Waals surface area contributed by atoms with E-state index in [2.05, 4.69) is 19.8 Å². The molecule has 0 fully saturated rings. The van der Waals surface area contributed by atoms with E-state index < -0.39 is 0 Å². The van der Waals surface area contributed by atoms with Crippen LogP contribution >= 0.6 is 8.02 Å². The van der Waals surface area contributed by atoms with Crippen LogP contribution in [0.15, 0.2) is 0 Å². The van der Waals surface area contributed by atoms with Crippen LogP contribution < -0.4 is 0 Å². The first kappa shape index (κ1) is 16.8. The second-order valence-electron chi connectivity index (χ2n) is 0. The van der Waals surface area contributed by atoms with Crippen molar-refractivity contribution >= 4 is 45.7 Å². The molecule has 4 heteroatoms.